The Hall–Kier alpha value is -2.12. The van der Waals surface area contributed by atoms with E-state index in [1.54, 1.807) is 31.2 Å². The number of aryl methyl sites for hydroxylation is 1. The van der Waals surface area contributed by atoms with E-state index in [-0.39, 0.29) is 18.7 Å². The number of nitrogens with one attached hydrogen (secondary N) is 1. The number of sulfonamides is 1. The van der Waals surface area contributed by atoms with E-state index in [1.807, 2.05) is 0 Å². The summed E-state index contributed by atoms with van der Waals surface area (Å²) < 4.78 is 39.0. The molecule has 0 aromatic heterocycles. The molecule has 2 aromatic carbocycles. The van der Waals surface area contributed by atoms with E-state index in [4.69, 9.17) is 11.6 Å². The molecule has 25 heavy (non-hydrogen) atoms. The van der Waals surface area contributed by atoms with Crippen molar-refractivity contribution in [1.29, 1.82) is 0 Å². The number of nitrogens with zero attached hydrogens (tertiary/aromatic N) is 1. The Labute approximate surface area is 151 Å². The lowest BCUT2D eigenvalue weighted by Crippen LogP contribution is -2.38. The number of amides is 1. The molecule has 0 heterocycles. The number of anilines is 1. The molecule has 5 nitrogen and oxygen atoms in total. The molecule has 0 saturated carbocycles. The maximum absolute atomic E-state index is 13.6. The van der Waals surface area contributed by atoms with Gasteiger partial charge in [-0.15, -0.1) is 0 Å². The fourth-order valence-electron chi connectivity index (χ4n) is 2.38. The van der Waals surface area contributed by atoms with E-state index in [0.29, 0.717) is 16.3 Å². The molecule has 8 heteroatoms. The van der Waals surface area contributed by atoms with Crippen LogP contribution in [-0.2, 0) is 10.0 Å². The van der Waals surface area contributed by atoms with Crippen LogP contribution >= 0.6 is 11.6 Å². The van der Waals surface area contributed by atoms with Gasteiger partial charge in [0.15, 0.2) is 0 Å². The van der Waals surface area contributed by atoms with Gasteiger partial charge in [0.1, 0.15) is 5.82 Å². The summed E-state index contributed by atoms with van der Waals surface area (Å²) >= 11 is 5.90. The topological polar surface area (TPSA) is 66.5 Å². The Bertz CT molecular complexity index is 887. The average Bonchev–Trinajstić information content (AvgIpc) is 2.51. The van der Waals surface area contributed by atoms with Crippen LogP contribution in [0.5, 0.6) is 0 Å². The summed E-state index contributed by atoms with van der Waals surface area (Å²) in [5.74, 6) is -1.23. The molecule has 2 rings (SSSR count). The van der Waals surface area contributed by atoms with Crippen molar-refractivity contribution in [2.24, 2.45) is 0 Å². The van der Waals surface area contributed by atoms with E-state index in [0.717, 1.165) is 6.26 Å². The zero-order chi connectivity index (χ0) is 18.6. The predicted octanol–water partition coefficient (Wildman–Crippen LogP) is 2.98. The lowest BCUT2D eigenvalue weighted by Gasteiger charge is -2.24. The minimum Gasteiger partial charge on any atom is -0.350 e. The molecule has 1 amide bonds. The summed E-state index contributed by atoms with van der Waals surface area (Å²) in [5.41, 5.74) is 1.08. The molecule has 0 aliphatic carbocycles. The fraction of sp³-hybridized carbons (Fsp3) is 0.235. The van der Waals surface area contributed by atoms with Gasteiger partial charge in [-0.25, -0.2) is 12.8 Å². The first-order valence-electron chi connectivity index (χ1n) is 7.47. The maximum atomic E-state index is 13.6. The van der Waals surface area contributed by atoms with E-state index < -0.39 is 21.7 Å². The van der Waals surface area contributed by atoms with Gasteiger partial charge in [0, 0.05) is 11.6 Å². The van der Waals surface area contributed by atoms with Crippen molar-refractivity contribution in [3.05, 3.63) is 64.4 Å². The molecule has 0 atom stereocenters. The Kier molecular flexibility index (Phi) is 6.02. The van der Waals surface area contributed by atoms with Crippen molar-refractivity contribution in [2.45, 2.75) is 6.92 Å². The highest BCUT2D eigenvalue weighted by atomic mass is 35.5. The van der Waals surface area contributed by atoms with Crippen LogP contribution in [0.15, 0.2) is 42.5 Å². The van der Waals surface area contributed by atoms with Gasteiger partial charge in [-0.2, -0.15) is 0 Å². The van der Waals surface area contributed by atoms with E-state index in [9.17, 15) is 17.6 Å². The molecule has 2 aromatic rings. The highest BCUT2D eigenvalue weighted by Gasteiger charge is 2.20. The maximum Gasteiger partial charge on any atom is 0.254 e. The summed E-state index contributed by atoms with van der Waals surface area (Å²) in [6, 6.07) is 10.5. The second kappa shape index (κ2) is 7.84. The van der Waals surface area contributed by atoms with Gasteiger partial charge in [0.05, 0.1) is 24.1 Å². The highest BCUT2D eigenvalue weighted by molar-refractivity contribution is 7.92. The number of benzene rings is 2. The van der Waals surface area contributed by atoms with Crippen molar-refractivity contribution >= 4 is 33.2 Å². The first kappa shape index (κ1) is 19.2. The van der Waals surface area contributed by atoms with Crippen molar-refractivity contribution in [2.75, 3.05) is 23.7 Å². The Morgan fingerprint density at radius 3 is 2.52 bits per heavy atom. The zero-order valence-corrected chi connectivity index (χ0v) is 15.4. The monoisotopic (exact) mass is 384 g/mol. The lowest BCUT2D eigenvalue weighted by atomic mass is 10.2. The minimum atomic E-state index is -3.56. The molecule has 0 aliphatic heterocycles. The minimum absolute atomic E-state index is 0.0154. The fourth-order valence-corrected chi connectivity index (χ4v) is 3.59. The number of carbonyl (C=O) groups is 1. The van der Waals surface area contributed by atoms with Crippen LogP contribution in [0.4, 0.5) is 10.1 Å². The van der Waals surface area contributed by atoms with Crippen LogP contribution in [-0.4, -0.2) is 33.7 Å². The number of carbonyl (C=O) groups excluding carboxylic acids is 1. The summed E-state index contributed by atoms with van der Waals surface area (Å²) in [6.07, 6.45) is 1.08. The third kappa shape index (κ3) is 4.93. The predicted molar refractivity (Wildman–Crippen MR) is 97.1 cm³/mol. The standard InChI is InChI=1S/C17H18ClFN2O3S/c1-12-11-13(18)7-8-16(12)21(25(2,23)24)10-9-20-17(22)14-5-3-4-6-15(14)19/h3-8,11H,9-10H2,1-2H3,(H,20,22). The Balaban J connectivity index is 2.12. The van der Waals surface area contributed by atoms with E-state index >= 15 is 0 Å². The molecule has 0 unspecified atom stereocenters. The first-order chi connectivity index (χ1) is 11.7. The Morgan fingerprint density at radius 1 is 1.24 bits per heavy atom. The van der Waals surface area contributed by atoms with Crippen molar-refractivity contribution < 1.29 is 17.6 Å². The average molecular weight is 385 g/mol. The van der Waals surface area contributed by atoms with Gasteiger partial charge in [-0.3, -0.25) is 9.10 Å². The normalized spacial score (nSPS) is 11.2. The molecule has 0 bridgehead atoms. The molecular weight excluding hydrogens is 367 g/mol. The summed E-state index contributed by atoms with van der Waals surface area (Å²) in [4.78, 5) is 12.0. The zero-order valence-electron chi connectivity index (χ0n) is 13.8. The summed E-state index contributed by atoms with van der Waals surface area (Å²) in [6.45, 7) is 1.79. The van der Waals surface area contributed by atoms with Crippen LogP contribution in [0.25, 0.3) is 0 Å². The summed E-state index contributed by atoms with van der Waals surface area (Å²) in [7, 11) is -3.56. The molecule has 0 radical (unpaired) electrons. The smallest absolute Gasteiger partial charge is 0.254 e. The second-order valence-corrected chi connectivity index (χ2v) is 7.84. The van der Waals surface area contributed by atoms with Gasteiger partial charge < -0.3 is 5.32 Å². The van der Waals surface area contributed by atoms with Crippen LogP contribution in [0, 0.1) is 12.7 Å². The van der Waals surface area contributed by atoms with Crippen molar-refractivity contribution in [3.63, 3.8) is 0 Å². The second-order valence-electron chi connectivity index (χ2n) is 5.50. The van der Waals surface area contributed by atoms with E-state index in [1.165, 1.54) is 22.5 Å². The lowest BCUT2D eigenvalue weighted by molar-refractivity contribution is 0.0951. The third-order valence-corrected chi connectivity index (χ3v) is 4.96. The number of halogens is 2. The molecular formula is C17H18ClFN2O3S. The quantitative estimate of drug-likeness (QED) is 0.832. The number of rotatable bonds is 6. The molecule has 0 fully saturated rings. The molecule has 1 N–H and O–H groups in total. The summed E-state index contributed by atoms with van der Waals surface area (Å²) in [5, 5.41) is 3.03. The molecule has 0 aliphatic rings. The van der Waals surface area contributed by atoms with Gasteiger partial charge in [-0.05, 0) is 42.8 Å². The third-order valence-electron chi connectivity index (χ3n) is 3.55. The molecule has 0 saturated heterocycles. The largest absolute Gasteiger partial charge is 0.350 e. The number of hydrogen-bond donors (Lipinski definition) is 1. The van der Waals surface area contributed by atoms with Crippen molar-refractivity contribution in [1.82, 2.24) is 5.32 Å². The van der Waals surface area contributed by atoms with E-state index in [2.05, 4.69) is 5.32 Å². The molecule has 134 valence electrons. The van der Waals surface area contributed by atoms with Crippen LogP contribution in [0.3, 0.4) is 0 Å². The Morgan fingerprint density at radius 2 is 1.92 bits per heavy atom. The van der Waals surface area contributed by atoms with Gasteiger partial charge >= 0.3 is 0 Å². The SMILES string of the molecule is Cc1cc(Cl)ccc1N(CCNC(=O)c1ccccc1F)S(C)(=O)=O. The van der Waals surface area contributed by atoms with Crippen LogP contribution in [0.1, 0.15) is 15.9 Å². The number of hydrogen-bond acceptors (Lipinski definition) is 3. The highest BCUT2D eigenvalue weighted by Crippen LogP contribution is 2.25. The first-order valence-corrected chi connectivity index (χ1v) is 9.69. The van der Waals surface area contributed by atoms with Crippen LogP contribution < -0.4 is 9.62 Å². The van der Waals surface area contributed by atoms with Gasteiger partial charge in [0.25, 0.3) is 5.91 Å². The van der Waals surface area contributed by atoms with Gasteiger partial charge in [-0.1, -0.05) is 23.7 Å². The van der Waals surface area contributed by atoms with Gasteiger partial charge in [0.2, 0.25) is 10.0 Å². The van der Waals surface area contributed by atoms with Crippen LogP contribution in [0.2, 0.25) is 5.02 Å². The molecule has 0 spiro atoms. The van der Waals surface area contributed by atoms with Crippen molar-refractivity contribution in [3.8, 4) is 0 Å².